The summed E-state index contributed by atoms with van der Waals surface area (Å²) in [6, 6.07) is 11.0. The highest BCUT2D eigenvalue weighted by Gasteiger charge is 2.12. The first-order chi connectivity index (χ1) is 7.75. The summed E-state index contributed by atoms with van der Waals surface area (Å²) in [5, 5.41) is 3.44. The van der Waals surface area contributed by atoms with Gasteiger partial charge in [0.25, 0.3) is 0 Å². The molecular formula is C13H23N3. The molecule has 3 nitrogen and oxygen atoms in total. The zero-order chi connectivity index (χ0) is 11.8. The summed E-state index contributed by atoms with van der Waals surface area (Å²) in [4.78, 5) is 2.24. The molecule has 1 aromatic rings. The molecule has 16 heavy (non-hydrogen) atoms. The van der Waals surface area contributed by atoms with E-state index in [1.165, 1.54) is 5.56 Å². The molecular weight excluding hydrogens is 198 g/mol. The van der Waals surface area contributed by atoms with Crippen LogP contribution in [0.5, 0.6) is 0 Å². The fourth-order valence-electron chi connectivity index (χ4n) is 1.74. The van der Waals surface area contributed by atoms with Crippen molar-refractivity contribution in [3.8, 4) is 0 Å². The van der Waals surface area contributed by atoms with E-state index in [0.717, 1.165) is 26.1 Å². The minimum absolute atomic E-state index is 0.430. The van der Waals surface area contributed by atoms with Crippen molar-refractivity contribution in [2.45, 2.75) is 12.5 Å². The van der Waals surface area contributed by atoms with E-state index in [2.05, 4.69) is 54.6 Å². The molecule has 0 bridgehead atoms. The van der Waals surface area contributed by atoms with Crippen molar-refractivity contribution in [2.75, 3.05) is 33.7 Å². The molecule has 1 rings (SSSR count). The summed E-state index contributed by atoms with van der Waals surface area (Å²) in [5.74, 6) is 0. The van der Waals surface area contributed by atoms with Crippen LogP contribution in [0.15, 0.2) is 30.3 Å². The highest BCUT2D eigenvalue weighted by molar-refractivity contribution is 5.19. The predicted molar refractivity (Wildman–Crippen MR) is 69.4 cm³/mol. The molecule has 1 aromatic carbocycles. The van der Waals surface area contributed by atoms with Gasteiger partial charge in [0.05, 0.1) is 0 Å². The number of nitrogens with zero attached hydrogens (tertiary/aromatic N) is 1. The Bertz CT molecular complexity index is 272. The molecule has 3 heteroatoms. The Hall–Kier alpha value is -0.900. The van der Waals surface area contributed by atoms with Gasteiger partial charge in [-0.05, 0) is 39.2 Å². The second-order valence-corrected chi connectivity index (χ2v) is 4.24. The minimum Gasteiger partial charge on any atom is -0.330 e. The molecule has 0 radical (unpaired) electrons. The van der Waals surface area contributed by atoms with Gasteiger partial charge in [0.15, 0.2) is 0 Å². The van der Waals surface area contributed by atoms with Crippen LogP contribution in [0.25, 0.3) is 0 Å². The quantitative estimate of drug-likeness (QED) is 0.680. The van der Waals surface area contributed by atoms with Gasteiger partial charge < -0.3 is 16.0 Å². The molecule has 90 valence electrons. The van der Waals surface area contributed by atoms with E-state index in [0.29, 0.717) is 6.04 Å². The van der Waals surface area contributed by atoms with Crippen LogP contribution >= 0.6 is 0 Å². The summed E-state index contributed by atoms with van der Waals surface area (Å²) in [6.07, 6.45) is 1.04. The second-order valence-electron chi connectivity index (χ2n) is 4.24. The van der Waals surface area contributed by atoms with Gasteiger partial charge in [-0.2, -0.15) is 0 Å². The number of nitrogens with one attached hydrogen (secondary N) is 1. The molecule has 0 fully saturated rings. The Kier molecular flexibility index (Phi) is 6.08. The van der Waals surface area contributed by atoms with Crippen molar-refractivity contribution < 1.29 is 0 Å². The molecule has 0 aromatic heterocycles. The third-order valence-electron chi connectivity index (χ3n) is 2.70. The second kappa shape index (κ2) is 7.39. The molecule has 0 saturated carbocycles. The standard InChI is InChI=1S/C13H23N3/c1-16(2)13(11-15-10-6-9-14)12-7-4-3-5-8-12/h3-5,7-8,13,15H,6,9-11,14H2,1-2H3. The van der Waals surface area contributed by atoms with Crippen LogP contribution in [0.3, 0.4) is 0 Å². The Labute approximate surface area is 98.6 Å². The lowest BCUT2D eigenvalue weighted by molar-refractivity contribution is 0.289. The lowest BCUT2D eigenvalue weighted by atomic mass is 10.1. The first-order valence-corrected chi connectivity index (χ1v) is 5.88. The van der Waals surface area contributed by atoms with Crippen LogP contribution in [-0.4, -0.2) is 38.6 Å². The highest BCUT2D eigenvalue weighted by Crippen LogP contribution is 2.16. The van der Waals surface area contributed by atoms with Crippen LogP contribution in [0, 0.1) is 0 Å². The maximum absolute atomic E-state index is 5.47. The molecule has 0 amide bonds. The molecule has 0 aliphatic heterocycles. The summed E-state index contributed by atoms with van der Waals surface area (Å²) in [5.41, 5.74) is 6.82. The van der Waals surface area contributed by atoms with Crippen molar-refractivity contribution in [1.29, 1.82) is 0 Å². The number of hydrogen-bond donors (Lipinski definition) is 2. The van der Waals surface area contributed by atoms with Gasteiger partial charge in [-0.15, -0.1) is 0 Å². The molecule has 0 saturated heterocycles. The maximum Gasteiger partial charge on any atom is 0.0466 e. The first-order valence-electron chi connectivity index (χ1n) is 5.88. The van der Waals surface area contributed by atoms with E-state index in [-0.39, 0.29) is 0 Å². The van der Waals surface area contributed by atoms with Gasteiger partial charge >= 0.3 is 0 Å². The van der Waals surface area contributed by atoms with Crippen molar-refractivity contribution in [3.63, 3.8) is 0 Å². The number of likely N-dealkylation sites (N-methyl/N-ethyl adjacent to an activating group) is 1. The molecule has 0 aliphatic rings. The van der Waals surface area contributed by atoms with Gasteiger partial charge in [0.1, 0.15) is 0 Å². The number of benzene rings is 1. The Balaban J connectivity index is 2.49. The maximum atomic E-state index is 5.47. The van der Waals surface area contributed by atoms with Crippen molar-refractivity contribution in [1.82, 2.24) is 10.2 Å². The summed E-state index contributed by atoms with van der Waals surface area (Å²) < 4.78 is 0. The van der Waals surface area contributed by atoms with E-state index in [4.69, 9.17) is 5.73 Å². The van der Waals surface area contributed by atoms with Gasteiger partial charge in [-0.3, -0.25) is 0 Å². The van der Waals surface area contributed by atoms with E-state index in [1.807, 2.05) is 0 Å². The lowest BCUT2D eigenvalue weighted by Crippen LogP contribution is -2.32. The number of rotatable bonds is 7. The van der Waals surface area contributed by atoms with Crippen LogP contribution in [0.1, 0.15) is 18.0 Å². The predicted octanol–water partition coefficient (Wildman–Crippen LogP) is 1.23. The molecule has 3 N–H and O–H groups in total. The van der Waals surface area contributed by atoms with Crippen LogP contribution in [0.4, 0.5) is 0 Å². The first kappa shape index (κ1) is 13.2. The third kappa shape index (κ3) is 4.31. The largest absolute Gasteiger partial charge is 0.330 e. The average molecular weight is 221 g/mol. The lowest BCUT2D eigenvalue weighted by Gasteiger charge is -2.25. The van der Waals surface area contributed by atoms with E-state index >= 15 is 0 Å². The van der Waals surface area contributed by atoms with E-state index in [9.17, 15) is 0 Å². The van der Waals surface area contributed by atoms with Crippen LogP contribution in [0.2, 0.25) is 0 Å². The van der Waals surface area contributed by atoms with Gasteiger partial charge in [-0.25, -0.2) is 0 Å². The number of nitrogens with two attached hydrogens (primary N) is 1. The monoisotopic (exact) mass is 221 g/mol. The summed E-state index contributed by atoms with van der Waals surface area (Å²) >= 11 is 0. The number of hydrogen-bond acceptors (Lipinski definition) is 3. The minimum atomic E-state index is 0.430. The van der Waals surface area contributed by atoms with Gasteiger partial charge in [0, 0.05) is 12.6 Å². The smallest absolute Gasteiger partial charge is 0.0466 e. The van der Waals surface area contributed by atoms with Gasteiger partial charge in [-0.1, -0.05) is 30.3 Å². The molecule has 0 heterocycles. The molecule has 1 atom stereocenters. The normalized spacial score (nSPS) is 13.0. The van der Waals surface area contributed by atoms with Crippen molar-refractivity contribution in [2.24, 2.45) is 5.73 Å². The summed E-state index contributed by atoms with van der Waals surface area (Å²) in [7, 11) is 4.23. The van der Waals surface area contributed by atoms with Gasteiger partial charge in [0.2, 0.25) is 0 Å². The molecule has 0 spiro atoms. The average Bonchev–Trinajstić information content (AvgIpc) is 2.30. The Morgan fingerprint density at radius 1 is 1.25 bits per heavy atom. The van der Waals surface area contributed by atoms with Crippen molar-refractivity contribution >= 4 is 0 Å². The van der Waals surface area contributed by atoms with Crippen LogP contribution in [-0.2, 0) is 0 Å². The molecule has 0 aliphatic carbocycles. The zero-order valence-corrected chi connectivity index (χ0v) is 10.3. The molecule has 1 unspecified atom stereocenters. The third-order valence-corrected chi connectivity index (χ3v) is 2.70. The van der Waals surface area contributed by atoms with E-state index < -0.39 is 0 Å². The van der Waals surface area contributed by atoms with Crippen molar-refractivity contribution in [3.05, 3.63) is 35.9 Å². The highest BCUT2D eigenvalue weighted by atomic mass is 15.1. The zero-order valence-electron chi connectivity index (χ0n) is 10.3. The van der Waals surface area contributed by atoms with E-state index in [1.54, 1.807) is 0 Å². The topological polar surface area (TPSA) is 41.3 Å². The fourth-order valence-corrected chi connectivity index (χ4v) is 1.74. The summed E-state index contributed by atoms with van der Waals surface area (Å²) in [6.45, 7) is 2.72. The fraction of sp³-hybridized carbons (Fsp3) is 0.538. The van der Waals surface area contributed by atoms with Crippen LogP contribution < -0.4 is 11.1 Å². The SMILES string of the molecule is CN(C)C(CNCCCN)c1ccccc1. The Morgan fingerprint density at radius 3 is 2.50 bits per heavy atom. The Morgan fingerprint density at radius 2 is 1.94 bits per heavy atom.